The van der Waals surface area contributed by atoms with Crippen molar-refractivity contribution in [3.05, 3.63) is 50.4 Å². The Morgan fingerprint density at radius 3 is 2.11 bits per heavy atom. The van der Waals surface area contributed by atoms with E-state index in [1.54, 1.807) is 36.6 Å². The first-order valence-electron chi connectivity index (χ1n) is 5.18. The molecule has 0 aliphatic rings. The average molecular weight is 354 g/mol. The molecular weight excluding hydrogens is 346 g/mol. The second-order valence-corrected chi connectivity index (χ2v) is 6.79. The molecule has 100 valence electrons. The van der Waals surface area contributed by atoms with Gasteiger partial charge in [0.05, 0.1) is 20.7 Å². The summed E-state index contributed by atoms with van der Waals surface area (Å²) in [4.78, 5) is 0.457. The van der Waals surface area contributed by atoms with Gasteiger partial charge in [0.15, 0.2) is 0 Å². The molecule has 6 heteroatoms. The Morgan fingerprint density at radius 1 is 0.895 bits per heavy atom. The van der Waals surface area contributed by atoms with E-state index in [9.17, 15) is 4.21 Å². The fraction of sp³-hybridized carbons (Fsp3) is 0.0769. The molecular formula is C13H8Cl4OS. The highest BCUT2D eigenvalue weighted by molar-refractivity contribution is 7.84. The summed E-state index contributed by atoms with van der Waals surface area (Å²) in [6, 6.07) is 8.28. The summed E-state index contributed by atoms with van der Waals surface area (Å²) in [5.74, 6) is 0. The van der Waals surface area contributed by atoms with Gasteiger partial charge in [-0.3, -0.25) is 4.21 Å². The van der Waals surface area contributed by atoms with Crippen molar-refractivity contribution in [2.75, 3.05) is 6.26 Å². The number of benzene rings is 2. The van der Waals surface area contributed by atoms with Crippen LogP contribution in [0.25, 0.3) is 11.1 Å². The first-order chi connectivity index (χ1) is 8.91. The van der Waals surface area contributed by atoms with E-state index in [2.05, 4.69) is 0 Å². The first-order valence-corrected chi connectivity index (χ1v) is 8.25. The zero-order valence-corrected chi connectivity index (χ0v) is 13.6. The second-order valence-electron chi connectivity index (χ2n) is 3.81. The highest BCUT2D eigenvalue weighted by atomic mass is 35.5. The minimum absolute atomic E-state index is 0.385. The van der Waals surface area contributed by atoms with Crippen LogP contribution in [0.5, 0.6) is 0 Å². The smallest absolute Gasteiger partial charge is 0.0665 e. The van der Waals surface area contributed by atoms with E-state index in [0.717, 1.165) is 0 Å². The Labute approximate surface area is 133 Å². The van der Waals surface area contributed by atoms with E-state index in [0.29, 0.717) is 36.1 Å². The van der Waals surface area contributed by atoms with Gasteiger partial charge < -0.3 is 0 Å². The van der Waals surface area contributed by atoms with E-state index >= 15 is 0 Å². The lowest BCUT2D eigenvalue weighted by Gasteiger charge is -2.13. The normalized spacial score (nSPS) is 12.5. The molecule has 0 aliphatic heterocycles. The molecule has 0 radical (unpaired) electrons. The number of rotatable bonds is 2. The lowest BCUT2D eigenvalue weighted by molar-refractivity contribution is 0.687. The highest BCUT2D eigenvalue weighted by Crippen LogP contribution is 2.41. The van der Waals surface area contributed by atoms with Crippen LogP contribution in [0.15, 0.2) is 35.2 Å². The van der Waals surface area contributed by atoms with Crippen LogP contribution in [0.1, 0.15) is 0 Å². The molecule has 0 saturated carbocycles. The van der Waals surface area contributed by atoms with Crippen molar-refractivity contribution in [1.82, 2.24) is 0 Å². The van der Waals surface area contributed by atoms with Crippen LogP contribution in [0.4, 0.5) is 0 Å². The van der Waals surface area contributed by atoms with Crippen molar-refractivity contribution in [1.29, 1.82) is 0 Å². The maximum atomic E-state index is 11.9. The third-order valence-corrected chi connectivity index (χ3v) is 4.85. The number of hydrogen-bond donors (Lipinski definition) is 0. The number of halogens is 4. The van der Waals surface area contributed by atoms with Gasteiger partial charge in [-0.25, -0.2) is 0 Å². The lowest BCUT2D eigenvalue weighted by atomic mass is 10.1. The third-order valence-electron chi connectivity index (χ3n) is 2.54. The molecule has 0 heterocycles. The van der Waals surface area contributed by atoms with Gasteiger partial charge in [-0.1, -0.05) is 46.4 Å². The van der Waals surface area contributed by atoms with Gasteiger partial charge in [-0.2, -0.15) is 0 Å². The molecule has 0 N–H and O–H groups in total. The maximum Gasteiger partial charge on any atom is 0.0665 e. The molecule has 0 fully saturated rings. The molecule has 2 aromatic rings. The lowest BCUT2D eigenvalue weighted by Crippen LogP contribution is -1.95. The molecule has 1 unspecified atom stereocenters. The summed E-state index contributed by atoms with van der Waals surface area (Å²) >= 11 is 24.5. The van der Waals surface area contributed by atoms with Crippen LogP contribution in [0.2, 0.25) is 20.1 Å². The van der Waals surface area contributed by atoms with Crippen LogP contribution in [-0.4, -0.2) is 10.5 Å². The number of hydrogen-bond acceptors (Lipinski definition) is 1. The fourth-order valence-electron chi connectivity index (χ4n) is 1.75. The summed E-state index contributed by atoms with van der Waals surface area (Å²) in [5.41, 5.74) is 1.18. The van der Waals surface area contributed by atoms with E-state index in [4.69, 9.17) is 46.4 Å². The quantitative estimate of drug-likeness (QED) is 0.676. The van der Waals surface area contributed by atoms with E-state index in [1.165, 1.54) is 0 Å². The van der Waals surface area contributed by atoms with Crippen molar-refractivity contribution < 1.29 is 4.21 Å². The summed E-state index contributed by atoms with van der Waals surface area (Å²) in [7, 11) is -1.30. The monoisotopic (exact) mass is 352 g/mol. The van der Waals surface area contributed by atoms with Gasteiger partial charge in [0.1, 0.15) is 0 Å². The van der Waals surface area contributed by atoms with Crippen molar-refractivity contribution in [3.63, 3.8) is 0 Å². The largest absolute Gasteiger partial charge is 0.255 e. The van der Waals surface area contributed by atoms with Crippen LogP contribution < -0.4 is 0 Å². The molecule has 1 nitrogen and oxygen atoms in total. The molecule has 0 aliphatic carbocycles. The Kier molecular flexibility index (Phi) is 4.80. The van der Waals surface area contributed by atoms with Gasteiger partial charge in [-0.15, -0.1) is 0 Å². The predicted molar refractivity (Wildman–Crippen MR) is 84.3 cm³/mol. The molecule has 2 rings (SSSR count). The van der Waals surface area contributed by atoms with Crippen LogP contribution in [-0.2, 0) is 10.8 Å². The van der Waals surface area contributed by atoms with E-state index in [1.807, 2.05) is 0 Å². The van der Waals surface area contributed by atoms with Crippen molar-refractivity contribution >= 4 is 57.2 Å². The van der Waals surface area contributed by atoms with Gasteiger partial charge in [0, 0.05) is 32.5 Å². The van der Waals surface area contributed by atoms with Crippen LogP contribution in [0, 0.1) is 0 Å². The van der Waals surface area contributed by atoms with Crippen LogP contribution in [0.3, 0.4) is 0 Å². The third kappa shape index (κ3) is 3.09. The molecule has 0 aromatic heterocycles. The zero-order valence-electron chi connectivity index (χ0n) is 9.72. The van der Waals surface area contributed by atoms with Gasteiger partial charge >= 0.3 is 0 Å². The standard InChI is InChI=1S/C13H8Cl4OS/c1-19(18)13-11(17)5-4-10(16)12(13)8-6-7(14)2-3-9(8)15/h2-6H,1H3. The summed E-state index contributed by atoms with van der Waals surface area (Å²) in [5, 5.41) is 1.80. The summed E-state index contributed by atoms with van der Waals surface area (Å²) in [6.45, 7) is 0. The van der Waals surface area contributed by atoms with Crippen molar-refractivity contribution in [2.45, 2.75) is 4.90 Å². The van der Waals surface area contributed by atoms with Gasteiger partial charge in [0.2, 0.25) is 0 Å². The summed E-state index contributed by atoms with van der Waals surface area (Å²) in [6.07, 6.45) is 1.54. The SMILES string of the molecule is CS(=O)c1c(Cl)ccc(Cl)c1-c1cc(Cl)ccc1Cl. The topological polar surface area (TPSA) is 17.1 Å². The van der Waals surface area contributed by atoms with Gasteiger partial charge in [0.25, 0.3) is 0 Å². The molecule has 0 spiro atoms. The Morgan fingerprint density at radius 2 is 1.47 bits per heavy atom. The molecule has 2 aromatic carbocycles. The Balaban J connectivity index is 2.85. The van der Waals surface area contributed by atoms with Crippen LogP contribution >= 0.6 is 46.4 Å². The first kappa shape index (κ1) is 15.1. The van der Waals surface area contributed by atoms with Crippen molar-refractivity contribution in [3.8, 4) is 11.1 Å². The minimum Gasteiger partial charge on any atom is -0.255 e. The zero-order chi connectivity index (χ0) is 14.2. The predicted octanol–water partition coefficient (Wildman–Crippen LogP) is 5.70. The fourth-order valence-corrected chi connectivity index (χ4v) is 3.79. The summed E-state index contributed by atoms with van der Waals surface area (Å²) < 4.78 is 11.9. The Hall–Kier alpha value is -0.250. The van der Waals surface area contributed by atoms with Gasteiger partial charge in [-0.05, 0) is 30.3 Å². The molecule has 1 atom stereocenters. The second kappa shape index (κ2) is 6.02. The molecule has 19 heavy (non-hydrogen) atoms. The molecule has 0 saturated heterocycles. The average Bonchev–Trinajstić information content (AvgIpc) is 2.34. The maximum absolute atomic E-state index is 11.9. The van der Waals surface area contributed by atoms with E-state index < -0.39 is 10.8 Å². The Bertz CT molecular complexity index is 670. The van der Waals surface area contributed by atoms with E-state index in [-0.39, 0.29) is 0 Å². The molecule has 0 bridgehead atoms. The highest BCUT2D eigenvalue weighted by Gasteiger charge is 2.18. The minimum atomic E-state index is -1.30. The van der Waals surface area contributed by atoms with Crippen molar-refractivity contribution in [2.24, 2.45) is 0 Å². The molecule has 0 amide bonds.